The molecule has 1 unspecified atom stereocenters. The van der Waals surface area contributed by atoms with E-state index in [0.29, 0.717) is 5.92 Å². The minimum atomic E-state index is -0.645. The Balaban J connectivity index is 3.61. The molecule has 0 heterocycles. The molecule has 0 radical (unpaired) electrons. The molecule has 0 aliphatic carbocycles. The molecule has 0 bridgehead atoms. The summed E-state index contributed by atoms with van der Waals surface area (Å²) < 4.78 is 0. The molecular weight excluding hydrogens is 140 g/mol. The predicted molar refractivity (Wildman–Crippen MR) is 45.5 cm³/mol. The van der Waals surface area contributed by atoms with Crippen molar-refractivity contribution in [2.75, 3.05) is 0 Å². The van der Waals surface area contributed by atoms with Crippen LogP contribution in [0.5, 0.6) is 0 Å². The van der Waals surface area contributed by atoms with Crippen molar-refractivity contribution in [3.8, 4) is 0 Å². The second kappa shape index (κ2) is 5.16. The highest BCUT2D eigenvalue weighted by molar-refractivity contribution is 5.69. The quantitative estimate of drug-likeness (QED) is 0.667. The lowest BCUT2D eigenvalue weighted by molar-refractivity contribution is -0.142. The number of hydrogen-bond acceptors (Lipinski definition) is 1. The van der Waals surface area contributed by atoms with Gasteiger partial charge in [0, 0.05) is 0 Å². The lowest BCUT2D eigenvalue weighted by atomic mass is 9.96. The van der Waals surface area contributed by atoms with Gasteiger partial charge in [0.1, 0.15) is 0 Å². The van der Waals surface area contributed by atoms with E-state index in [-0.39, 0.29) is 5.92 Å². The third kappa shape index (κ3) is 4.82. The van der Waals surface area contributed by atoms with E-state index < -0.39 is 5.97 Å². The molecule has 0 aromatic rings. The Morgan fingerprint density at radius 1 is 1.36 bits per heavy atom. The van der Waals surface area contributed by atoms with Gasteiger partial charge < -0.3 is 5.11 Å². The van der Waals surface area contributed by atoms with Crippen LogP contribution in [0.4, 0.5) is 0 Å². The first-order valence-corrected chi connectivity index (χ1v) is 4.30. The zero-order chi connectivity index (χ0) is 8.85. The molecule has 0 saturated heterocycles. The number of rotatable bonds is 5. The molecule has 0 amide bonds. The zero-order valence-electron chi connectivity index (χ0n) is 7.63. The normalized spacial score (nSPS) is 13.5. The minimum absolute atomic E-state index is 0.127. The van der Waals surface area contributed by atoms with Gasteiger partial charge in [-0.2, -0.15) is 0 Å². The molecule has 0 spiro atoms. The summed E-state index contributed by atoms with van der Waals surface area (Å²) in [5, 5.41) is 8.69. The molecule has 2 heteroatoms. The van der Waals surface area contributed by atoms with Gasteiger partial charge >= 0.3 is 5.97 Å². The van der Waals surface area contributed by atoms with Crippen molar-refractivity contribution < 1.29 is 9.90 Å². The van der Waals surface area contributed by atoms with Crippen molar-refractivity contribution >= 4 is 5.97 Å². The predicted octanol–water partition coefficient (Wildman–Crippen LogP) is 2.53. The highest BCUT2D eigenvalue weighted by Crippen LogP contribution is 2.14. The van der Waals surface area contributed by atoms with Crippen LogP contribution in [0, 0.1) is 11.8 Å². The van der Waals surface area contributed by atoms with Crippen molar-refractivity contribution in [1.29, 1.82) is 0 Å². The second-order valence-corrected chi connectivity index (χ2v) is 3.41. The van der Waals surface area contributed by atoms with Gasteiger partial charge in [-0.3, -0.25) is 4.79 Å². The summed E-state index contributed by atoms with van der Waals surface area (Å²) in [6.07, 6.45) is 2.59. The average molecular weight is 158 g/mol. The fourth-order valence-electron chi connectivity index (χ4n) is 1.04. The van der Waals surface area contributed by atoms with Gasteiger partial charge in [-0.25, -0.2) is 0 Å². The lowest BCUT2D eigenvalue weighted by Crippen LogP contribution is -2.13. The Bertz CT molecular complexity index is 119. The highest BCUT2D eigenvalue weighted by Gasteiger charge is 2.14. The first kappa shape index (κ1) is 10.5. The van der Waals surface area contributed by atoms with E-state index in [9.17, 15) is 4.79 Å². The third-order valence-corrected chi connectivity index (χ3v) is 1.93. The largest absolute Gasteiger partial charge is 0.481 e. The molecule has 0 aliphatic heterocycles. The lowest BCUT2D eigenvalue weighted by Gasteiger charge is -2.10. The monoisotopic (exact) mass is 158 g/mol. The maximum Gasteiger partial charge on any atom is 0.306 e. The number of hydrogen-bond donors (Lipinski definition) is 1. The molecule has 0 aliphatic rings. The Morgan fingerprint density at radius 2 is 1.91 bits per heavy atom. The van der Waals surface area contributed by atoms with E-state index in [1.54, 1.807) is 0 Å². The maximum absolute atomic E-state index is 10.5. The molecule has 2 nitrogen and oxygen atoms in total. The van der Waals surface area contributed by atoms with Gasteiger partial charge in [-0.05, 0) is 18.8 Å². The van der Waals surface area contributed by atoms with Crippen LogP contribution < -0.4 is 0 Å². The summed E-state index contributed by atoms with van der Waals surface area (Å²) in [7, 11) is 0. The Hall–Kier alpha value is -0.530. The molecular formula is C9H18O2. The van der Waals surface area contributed by atoms with Crippen LogP contribution in [0.2, 0.25) is 0 Å². The van der Waals surface area contributed by atoms with Crippen LogP contribution in [0.15, 0.2) is 0 Å². The zero-order valence-corrected chi connectivity index (χ0v) is 7.63. The molecule has 0 fully saturated rings. The summed E-state index contributed by atoms with van der Waals surface area (Å²) >= 11 is 0. The number of carboxylic acid groups (broad SMARTS) is 1. The van der Waals surface area contributed by atoms with Crippen molar-refractivity contribution in [2.45, 2.75) is 40.0 Å². The van der Waals surface area contributed by atoms with Gasteiger partial charge in [0.25, 0.3) is 0 Å². The molecule has 0 aromatic heterocycles. The van der Waals surface area contributed by atoms with Gasteiger partial charge in [0.05, 0.1) is 5.92 Å². The van der Waals surface area contributed by atoms with Gasteiger partial charge in [-0.1, -0.05) is 27.2 Å². The second-order valence-electron chi connectivity index (χ2n) is 3.41. The Morgan fingerprint density at radius 3 is 2.18 bits per heavy atom. The number of carboxylic acids is 1. The standard InChI is InChI=1S/C9H18O2/c1-4-8(9(10)11)6-5-7(2)3/h7-8H,4-6H2,1-3H3,(H,10,11). The fourth-order valence-corrected chi connectivity index (χ4v) is 1.04. The van der Waals surface area contributed by atoms with Crippen LogP contribution in [0.1, 0.15) is 40.0 Å². The van der Waals surface area contributed by atoms with Crippen LogP contribution >= 0.6 is 0 Å². The van der Waals surface area contributed by atoms with Crippen LogP contribution in [-0.4, -0.2) is 11.1 Å². The topological polar surface area (TPSA) is 37.3 Å². The fraction of sp³-hybridized carbons (Fsp3) is 0.889. The Labute approximate surface area is 68.6 Å². The summed E-state index contributed by atoms with van der Waals surface area (Å²) in [5.74, 6) is -0.158. The van der Waals surface area contributed by atoms with E-state index in [0.717, 1.165) is 19.3 Å². The van der Waals surface area contributed by atoms with Crippen molar-refractivity contribution in [3.05, 3.63) is 0 Å². The number of aliphatic carboxylic acids is 1. The SMILES string of the molecule is CCC(CCC(C)C)C(=O)O. The maximum atomic E-state index is 10.5. The summed E-state index contributed by atoms with van der Waals surface area (Å²) in [5.41, 5.74) is 0. The molecule has 0 saturated carbocycles. The summed E-state index contributed by atoms with van der Waals surface area (Å²) in [6, 6.07) is 0. The van der Waals surface area contributed by atoms with E-state index in [1.165, 1.54) is 0 Å². The molecule has 0 aromatic carbocycles. The molecule has 66 valence electrons. The van der Waals surface area contributed by atoms with Crippen molar-refractivity contribution in [3.63, 3.8) is 0 Å². The molecule has 1 N–H and O–H groups in total. The first-order valence-electron chi connectivity index (χ1n) is 4.30. The van der Waals surface area contributed by atoms with E-state index in [4.69, 9.17) is 5.11 Å². The van der Waals surface area contributed by atoms with E-state index >= 15 is 0 Å². The Kier molecular flexibility index (Phi) is 4.92. The van der Waals surface area contributed by atoms with Crippen LogP contribution in [0.25, 0.3) is 0 Å². The van der Waals surface area contributed by atoms with E-state index in [1.807, 2.05) is 6.92 Å². The van der Waals surface area contributed by atoms with Crippen LogP contribution in [0.3, 0.4) is 0 Å². The smallest absolute Gasteiger partial charge is 0.306 e. The first-order chi connectivity index (χ1) is 5.07. The van der Waals surface area contributed by atoms with E-state index in [2.05, 4.69) is 13.8 Å². The minimum Gasteiger partial charge on any atom is -0.481 e. The van der Waals surface area contributed by atoms with Gasteiger partial charge in [-0.15, -0.1) is 0 Å². The van der Waals surface area contributed by atoms with Crippen molar-refractivity contribution in [1.82, 2.24) is 0 Å². The average Bonchev–Trinajstić information content (AvgIpc) is 1.87. The van der Waals surface area contributed by atoms with Crippen molar-refractivity contribution in [2.24, 2.45) is 11.8 Å². The van der Waals surface area contributed by atoms with Crippen LogP contribution in [-0.2, 0) is 4.79 Å². The molecule has 0 rings (SSSR count). The summed E-state index contributed by atoms with van der Waals surface area (Å²) in [6.45, 7) is 6.17. The van der Waals surface area contributed by atoms with Gasteiger partial charge in [0.15, 0.2) is 0 Å². The molecule has 11 heavy (non-hydrogen) atoms. The third-order valence-electron chi connectivity index (χ3n) is 1.93. The van der Waals surface area contributed by atoms with Gasteiger partial charge in [0.2, 0.25) is 0 Å². The summed E-state index contributed by atoms with van der Waals surface area (Å²) in [4.78, 5) is 10.5. The highest BCUT2D eigenvalue weighted by atomic mass is 16.4. The molecule has 1 atom stereocenters. The number of carbonyl (C=O) groups is 1.